The van der Waals surface area contributed by atoms with Crippen molar-refractivity contribution < 1.29 is 42.0 Å². The van der Waals surface area contributed by atoms with Crippen LogP contribution >= 0.6 is 0 Å². The summed E-state index contributed by atoms with van der Waals surface area (Å²) >= 11 is 0. The summed E-state index contributed by atoms with van der Waals surface area (Å²) in [6, 6.07) is 0. The highest BCUT2D eigenvalue weighted by Crippen LogP contribution is 2.24. The minimum absolute atomic E-state index is 0.832. The van der Waals surface area contributed by atoms with Crippen LogP contribution in [0.5, 0.6) is 0 Å². The Balaban J connectivity index is 2.98. The molecule has 1 aliphatic rings. The number of carbonyl (C=O) groups is 1. The zero-order chi connectivity index (χ0) is 12.5. The summed E-state index contributed by atoms with van der Waals surface area (Å²) in [6.45, 7) is -0.832. The number of ether oxygens (including phenoxy) is 1. The Morgan fingerprint density at radius 1 is 1.50 bits per heavy atom. The van der Waals surface area contributed by atoms with E-state index in [4.69, 9.17) is 14.8 Å². The minimum Gasteiger partial charge on any atom is -0.505 e. The first-order valence-electron chi connectivity index (χ1n) is 3.86. The maximum Gasteiger partial charge on any atom is 0.446 e. The van der Waals surface area contributed by atoms with Gasteiger partial charge in [0.25, 0.3) is 5.76 Å². The van der Waals surface area contributed by atoms with Gasteiger partial charge in [0.1, 0.15) is 6.10 Å². The summed E-state index contributed by atoms with van der Waals surface area (Å²) in [4.78, 5) is 11.0. The molecule has 2 atom stereocenters. The van der Waals surface area contributed by atoms with Gasteiger partial charge < -0.3 is 24.2 Å². The third-order valence-corrected chi connectivity index (χ3v) is 2.02. The highest BCUT2D eigenvalue weighted by molar-refractivity contribution is 7.81. The molecule has 0 radical (unpaired) electrons. The zero-order valence-corrected chi connectivity index (χ0v) is 8.42. The van der Waals surface area contributed by atoms with Crippen LogP contribution in [0.15, 0.2) is 11.5 Å². The Morgan fingerprint density at radius 2 is 2.06 bits per heavy atom. The third-order valence-electron chi connectivity index (χ3n) is 1.65. The normalized spacial score (nSPS) is 23.2. The molecule has 1 rings (SSSR count). The van der Waals surface area contributed by atoms with Crippen molar-refractivity contribution in [3.8, 4) is 0 Å². The lowest BCUT2D eigenvalue weighted by Crippen LogP contribution is -2.31. The second-order valence-electron chi connectivity index (χ2n) is 2.80. The van der Waals surface area contributed by atoms with Gasteiger partial charge in [-0.1, -0.05) is 0 Å². The Labute approximate surface area is 89.5 Å². The van der Waals surface area contributed by atoms with Crippen LogP contribution in [0.1, 0.15) is 0 Å². The quantitative estimate of drug-likeness (QED) is 0.326. The van der Waals surface area contributed by atoms with Crippen molar-refractivity contribution in [1.29, 1.82) is 0 Å². The van der Waals surface area contributed by atoms with Crippen molar-refractivity contribution >= 4 is 16.4 Å². The number of aliphatic hydroxyl groups excluding tert-OH is 3. The van der Waals surface area contributed by atoms with Gasteiger partial charge in [-0.25, -0.2) is 4.79 Å². The molecule has 0 saturated heterocycles. The number of hydrogen-bond donors (Lipinski definition) is 4. The van der Waals surface area contributed by atoms with Gasteiger partial charge in [0.15, 0.2) is 11.9 Å². The molecule has 16 heavy (non-hydrogen) atoms. The van der Waals surface area contributed by atoms with Crippen molar-refractivity contribution in [2.45, 2.75) is 12.2 Å². The Morgan fingerprint density at radius 3 is 2.50 bits per heavy atom. The predicted molar refractivity (Wildman–Crippen MR) is 45.3 cm³/mol. The highest BCUT2D eigenvalue weighted by atomic mass is 32.3. The fourth-order valence-corrected chi connectivity index (χ4v) is 1.36. The smallest absolute Gasteiger partial charge is 0.446 e. The lowest BCUT2D eigenvalue weighted by Gasteiger charge is -2.13. The average molecular weight is 256 g/mol. The molecule has 0 bridgehead atoms. The molecular weight excluding hydrogens is 248 g/mol. The summed E-state index contributed by atoms with van der Waals surface area (Å²) in [5.41, 5.74) is 0. The minimum atomic E-state index is -4.99. The van der Waals surface area contributed by atoms with Gasteiger partial charge in [-0.3, -0.25) is 4.55 Å². The summed E-state index contributed by atoms with van der Waals surface area (Å²) in [5, 5.41) is 26.9. The Bertz CT molecular complexity index is 421. The Kier molecular flexibility index (Phi) is 3.38. The lowest BCUT2D eigenvalue weighted by atomic mass is 10.2. The van der Waals surface area contributed by atoms with Gasteiger partial charge in [-0.2, -0.15) is 8.42 Å². The summed E-state index contributed by atoms with van der Waals surface area (Å²) in [6.07, 6.45) is -3.26. The highest BCUT2D eigenvalue weighted by Gasteiger charge is 2.42. The van der Waals surface area contributed by atoms with Gasteiger partial charge in [-0.05, 0) is 0 Å². The molecule has 92 valence electrons. The van der Waals surface area contributed by atoms with Crippen LogP contribution in [0, 0.1) is 0 Å². The molecule has 4 N–H and O–H groups in total. The molecular formula is C6H8O9S. The van der Waals surface area contributed by atoms with Crippen molar-refractivity contribution in [2.75, 3.05) is 6.61 Å². The van der Waals surface area contributed by atoms with E-state index in [0.29, 0.717) is 0 Å². The third kappa shape index (κ3) is 2.61. The maximum absolute atomic E-state index is 11.0. The van der Waals surface area contributed by atoms with E-state index in [2.05, 4.69) is 8.92 Å². The van der Waals surface area contributed by atoms with Crippen molar-refractivity contribution in [3.63, 3.8) is 0 Å². The molecule has 0 aliphatic carbocycles. The van der Waals surface area contributed by atoms with Gasteiger partial charge in [0, 0.05) is 0 Å². The fraction of sp³-hybridized carbons (Fsp3) is 0.500. The van der Waals surface area contributed by atoms with E-state index in [1.165, 1.54) is 0 Å². The van der Waals surface area contributed by atoms with E-state index in [1.807, 2.05) is 0 Å². The number of cyclic esters (lactones) is 1. The van der Waals surface area contributed by atoms with E-state index in [0.717, 1.165) is 0 Å². The molecule has 0 aromatic carbocycles. The number of carbonyl (C=O) groups excluding carboxylic acids is 1. The van der Waals surface area contributed by atoms with Gasteiger partial charge in [-0.15, -0.1) is 0 Å². The Hall–Kier alpha value is -1.36. The summed E-state index contributed by atoms with van der Waals surface area (Å²) in [5.74, 6) is -3.56. The molecule has 0 unspecified atom stereocenters. The second kappa shape index (κ2) is 4.25. The molecule has 1 aliphatic heterocycles. The topological polar surface area (TPSA) is 151 Å². The van der Waals surface area contributed by atoms with Crippen LogP contribution in [0.3, 0.4) is 0 Å². The maximum atomic E-state index is 11.0. The standard InChI is InChI=1S/C6H8O9S/c7-1-2(8)4-3(9)5(6(10)14-4)15-16(11,12)13/h2,4,7-9H,1H2,(H,11,12,13)/t2-,4+/m0/s1. The number of esters is 1. The number of aliphatic hydroxyl groups is 3. The number of hydrogen-bond acceptors (Lipinski definition) is 8. The first kappa shape index (κ1) is 12.7. The van der Waals surface area contributed by atoms with E-state index in [1.54, 1.807) is 0 Å². The average Bonchev–Trinajstić information content (AvgIpc) is 2.42. The first-order chi connectivity index (χ1) is 7.26. The zero-order valence-electron chi connectivity index (χ0n) is 7.60. The first-order valence-corrected chi connectivity index (χ1v) is 5.22. The monoisotopic (exact) mass is 256 g/mol. The largest absolute Gasteiger partial charge is 0.505 e. The van der Waals surface area contributed by atoms with E-state index < -0.39 is 46.7 Å². The van der Waals surface area contributed by atoms with Crippen LogP contribution < -0.4 is 0 Å². The molecule has 9 nitrogen and oxygen atoms in total. The van der Waals surface area contributed by atoms with Crippen LogP contribution in [-0.4, -0.2) is 53.1 Å². The van der Waals surface area contributed by atoms with Gasteiger partial charge in [0.05, 0.1) is 6.61 Å². The molecule has 0 fully saturated rings. The SMILES string of the molecule is O=C1O[C@H]([C@@H](O)CO)C(O)=C1OS(=O)(=O)O. The molecule has 10 heteroatoms. The summed E-state index contributed by atoms with van der Waals surface area (Å²) < 4.78 is 36.9. The van der Waals surface area contributed by atoms with Crippen LogP contribution in [0.2, 0.25) is 0 Å². The second-order valence-corrected chi connectivity index (χ2v) is 3.82. The van der Waals surface area contributed by atoms with Crippen LogP contribution in [-0.2, 0) is 24.1 Å². The molecule has 0 spiro atoms. The lowest BCUT2D eigenvalue weighted by molar-refractivity contribution is -0.147. The molecule has 1 heterocycles. The van der Waals surface area contributed by atoms with Crippen molar-refractivity contribution in [2.24, 2.45) is 0 Å². The summed E-state index contributed by atoms with van der Waals surface area (Å²) in [7, 11) is -4.99. The fourth-order valence-electron chi connectivity index (χ4n) is 0.997. The van der Waals surface area contributed by atoms with Crippen LogP contribution in [0.4, 0.5) is 0 Å². The molecule has 0 aromatic heterocycles. The van der Waals surface area contributed by atoms with Gasteiger partial charge >= 0.3 is 16.4 Å². The molecule has 0 saturated carbocycles. The van der Waals surface area contributed by atoms with Crippen LogP contribution in [0.25, 0.3) is 0 Å². The van der Waals surface area contributed by atoms with Gasteiger partial charge in [0.2, 0.25) is 0 Å². The van der Waals surface area contributed by atoms with Crippen molar-refractivity contribution in [1.82, 2.24) is 0 Å². The molecule has 0 amide bonds. The van der Waals surface area contributed by atoms with Crippen molar-refractivity contribution in [3.05, 3.63) is 11.5 Å². The van der Waals surface area contributed by atoms with E-state index in [9.17, 15) is 18.3 Å². The van der Waals surface area contributed by atoms with E-state index in [-0.39, 0.29) is 0 Å². The number of rotatable bonds is 4. The van der Waals surface area contributed by atoms with E-state index >= 15 is 0 Å². The predicted octanol–water partition coefficient (Wildman–Crippen LogP) is -2.15. The molecule has 0 aromatic rings.